The molecule has 0 saturated heterocycles. The number of carbonyl (C=O) groups excluding carboxylic acids is 2. The second kappa shape index (κ2) is 8.87. The molecule has 0 heterocycles. The Morgan fingerprint density at radius 1 is 0.885 bits per heavy atom. The maximum atomic E-state index is 12.9. The molecule has 26 heavy (non-hydrogen) atoms. The Morgan fingerprint density at radius 2 is 1.42 bits per heavy atom. The molecule has 12 heteroatoms. The predicted octanol–water partition coefficient (Wildman–Crippen LogP) is 3.36. The normalized spacial score (nSPS) is 13.5. The highest BCUT2D eigenvalue weighted by molar-refractivity contribution is 5.75. The summed E-state index contributed by atoms with van der Waals surface area (Å²) in [6.07, 6.45) is -6.01. The molecule has 154 valence electrons. The van der Waals surface area contributed by atoms with E-state index in [9.17, 15) is 40.3 Å². The molecule has 5 nitrogen and oxygen atoms in total. The predicted molar refractivity (Wildman–Crippen MR) is 72.8 cm³/mol. The van der Waals surface area contributed by atoms with Crippen LogP contribution in [0.3, 0.4) is 0 Å². The number of carbonyl (C=O) groups is 2. The van der Waals surface area contributed by atoms with Gasteiger partial charge in [-0.3, -0.25) is 4.79 Å². The van der Waals surface area contributed by atoms with Crippen LogP contribution in [0.5, 0.6) is 0 Å². The van der Waals surface area contributed by atoms with Gasteiger partial charge in [0.2, 0.25) is 0 Å². The Bertz CT molecular complexity index is 489. The monoisotopic (exact) mass is 400 g/mol. The van der Waals surface area contributed by atoms with E-state index in [1.807, 2.05) is 0 Å². The van der Waals surface area contributed by atoms with Crippen LogP contribution in [-0.4, -0.2) is 56.4 Å². The lowest BCUT2D eigenvalue weighted by Crippen LogP contribution is -2.54. The van der Waals surface area contributed by atoms with Crippen molar-refractivity contribution >= 4 is 11.9 Å². The summed E-state index contributed by atoms with van der Waals surface area (Å²) in [4.78, 5) is 22.6. The van der Waals surface area contributed by atoms with Crippen molar-refractivity contribution in [2.24, 2.45) is 5.41 Å². The third kappa shape index (κ3) is 6.61. The lowest BCUT2D eigenvalue weighted by Gasteiger charge is -2.27. The van der Waals surface area contributed by atoms with Crippen molar-refractivity contribution in [1.29, 1.82) is 0 Å². The number of halogens is 7. The number of hydrogen-bond donors (Lipinski definition) is 0. The highest BCUT2D eigenvalue weighted by Gasteiger charge is 2.73. The van der Waals surface area contributed by atoms with Crippen LogP contribution in [0, 0.1) is 5.41 Å². The van der Waals surface area contributed by atoms with E-state index in [0.29, 0.717) is 6.42 Å². The van der Waals surface area contributed by atoms with Crippen molar-refractivity contribution < 1.29 is 54.5 Å². The van der Waals surface area contributed by atoms with E-state index in [0.717, 1.165) is 0 Å². The molecule has 0 aliphatic rings. The third-order valence-electron chi connectivity index (χ3n) is 3.35. The molecule has 0 amide bonds. The molecule has 0 aliphatic carbocycles. The summed E-state index contributed by atoms with van der Waals surface area (Å²) < 4.78 is 99.7. The van der Waals surface area contributed by atoms with Crippen LogP contribution in [-0.2, 0) is 23.8 Å². The van der Waals surface area contributed by atoms with Gasteiger partial charge in [-0.25, -0.2) is 4.79 Å². The van der Waals surface area contributed by atoms with Crippen molar-refractivity contribution in [3.05, 3.63) is 0 Å². The summed E-state index contributed by atoms with van der Waals surface area (Å²) in [5, 5.41) is 0. The first-order valence-electron chi connectivity index (χ1n) is 7.31. The zero-order valence-corrected chi connectivity index (χ0v) is 14.2. The topological polar surface area (TPSA) is 61.8 Å². The Morgan fingerprint density at radius 3 is 1.88 bits per heavy atom. The van der Waals surface area contributed by atoms with Gasteiger partial charge in [0.25, 0.3) is 0 Å². The fraction of sp³-hybridized carbons (Fsp3) is 0.857. The summed E-state index contributed by atoms with van der Waals surface area (Å²) >= 11 is 0. The van der Waals surface area contributed by atoms with Crippen molar-refractivity contribution in [2.45, 2.75) is 45.2 Å². The molecule has 0 rings (SSSR count). The number of hydrogen-bond acceptors (Lipinski definition) is 5. The van der Waals surface area contributed by atoms with Gasteiger partial charge < -0.3 is 14.2 Å². The molecule has 0 spiro atoms. The maximum absolute atomic E-state index is 12.9. The molecule has 0 saturated carbocycles. The minimum atomic E-state index is -6.50. The molecule has 0 radical (unpaired) electrons. The first-order valence-corrected chi connectivity index (χ1v) is 7.31. The van der Waals surface area contributed by atoms with E-state index in [2.05, 4.69) is 9.47 Å². The Hall–Kier alpha value is -1.59. The maximum Gasteiger partial charge on any atom is 0.460 e. The highest BCUT2D eigenvalue weighted by Crippen LogP contribution is 2.46. The Balaban J connectivity index is 4.21. The summed E-state index contributed by atoms with van der Waals surface area (Å²) in [5.41, 5.74) is -0.742. The van der Waals surface area contributed by atoms with Gasteiger partial charge in [-0.15, -0.1) is 0 Å². The highest BCUT2D eigenvalue weighted by atomic mass is 19.4. The van der Waals surface area contributed by atoms with Gasteiger partial charge in [-0.2, -0.15) is 30.7 Å². The molecule has 0 aromatic carbocycles. The van der Waals surface area contributed by atoms with Crippen LogP contribution in [0.4, 0.5) is 30.7 Å². The Kier molecular flexibility index (Phi) is 8.33. The van der Waals surface area contributed by atoms with Crippen molar-refractivity contribution in [1.82, 2.24) is 0 Å². The van der Waals surface area contributed by atoms with E-state index < -0.39 is 48.6 Å². The molecule has 0 aromatic heterocycles. The van der Waals surface area contributed by atoms with E-state index in [4.69, 9.17) is 4.74 Å². The number of alkyl halides is 7. The van der Waals surface area contributed by atoms with E-state index >= 15 is 0 Å². The van der Waals surface area contributed by atoms with Gasteiger partial charge in [0.05, 0.1) is 12.0 Å². The molecule has 0 atom stereocenters. The van der Waals surface area contributed by atoms with Crippen LogP contribution >= 0.6 is 0 Å². The standard InChI is InChI=1S/C14H19F7O5/c1-4-11(2,3)10(23)25-6-5-24-7-9(22)26-8-12(15,16)13(17,18)14(19,20)21/h4-8H2,1-3H3. The molecule has 0 unspecified atom stereocenters. The number of ether oxygens (including phenoxy) is 3. The summed E-state index contributed by atoms with van der Waals surface area (Å²) in [6.45, 7) is 0.929. The first kappa shape index (κ1) is 24.4. The van der Waals surface area contributed by atoms with Crippen molar-refractivity contribution in [2.75, 3.05) is 26.4 Å². The fourth-order valence-electron chi connectivity index (χ4n) is 1.20. The lowest BCUT2D eigenvalue weighted by molar-refractivity contribution is -0.359. The Labute approximate surface area is 144 Å². The lowest BCUT2D eigenvalue weighted by atomic mass is 9.91. The molecule has 0 bridgehead atoms. The SMILES string of the molecule is CCC(C)(C)C(=O)OCCOCC(=O)OCC(F)(F)C(F)(F)C(F)(F)F. The molecule has 0 aliphatic heterocycles. The van der Waals surface area contributed by atoms with E-state index in [1.165, 1.54) is 0 Å². The summed E-state index contributed by atoms with van der Waals surface area (Å²) in [5.74, 6) is -14.1. The third-order valence-corrected chi connectivity index (χ3v) is 3.35. The minimum absolute atomic E-state index is 0.280. The van der Waals surface area contributed by atoms with Crippen LogP contribution in [0.1, 0.15) is 27.2 Å². The fourth-order valence-corrected chi connectivity index (χ4v) is 1.20. The largest absolute Gasteiger partial charge is 0.463 e. The van der Waals surface area contributed by atoms with Crippen LogP contribution < -0.4 is 0 Å². The van der Waals surface area contributed by atoms with Gasteiger partial charge in [-0.05, 0) is 20.3 Å². The molecular formula is C14H19F7O5. The molecular weight excluding hydrogens is 381 g/mol. The molecule has 0 aromatic rings. The zero-order valence-electron chi connectivity index (χ0n) is 14.2. The first-order chi connectivity index (χ1) is 11.6. The average Bonchev–Trinajstić information content (AvgIpc) is 2.51. The molecule has 0 N–H and O–H groups in total. The summed E-state index contributed by atoms with van der Waals surface area (Å²) in [6, 6.07) is 0. The minimum Gasteiger partial charge on any atom is -0.463 e. The molecule has 0 fully saturated rings. The van der Waals surface area contributed by atoms with E-state index in [-0.39, 0.29) is 13.2 Å². The van der Waals surface area contributed by atoms with Gasteiger partial charge in [-0.1, -0.05) is 6.92 Å². The quantitative estimate of drug-likeness (QED) is 0.320. The van der Waals surface area contributed by atoms with Crippen LogP contribution in [0.15, 0.2) is 0 Å². The van der Waals surface area contributed by atoms with E-state index in [1.54, 1.807) is 20.8 Å². The van der Waals surface area contributed by atoms with Crippen LogP contribution in [0.2, 0.25) is 0 Å². The van der Waals surface area contributed by atoms with Gasteiger partial charge >= 0.3 is 30.0 Å². The van der Waals surface area contributed by atoms with Crippen molar-refractivity contribution in [3.63, 3.8) is 0 Å². The number of esters is 2. The van der Waals surface area contributed by atoms with Crippen LogP contribution in [0.25, 0.3) is 0 Å². The second-order valence-electron chi connectivity index (χ2n) is 5.86. The zero-order chi connectivity index (χ0) is 20.8. The smallest absolute Gasteiger partial charge is 0.460 e. The average molecular weight is 400 g/mol. The van der Waals surface area contributed by atoms with Crippen molar-refractivity contribution in [3.8, 4) is 0 Å². The van der Waals surface area contributed by atoms with Gasteiger partial charge in [0, 0.05) is 0 Å². The second-order valence-corrected chi connectivity index (χ2v) is 5.86. The summed E-state index contributed by atoms with van der Waals surface area (Å²) in [7, 11) is 0. The van der Waals surface area contributed by atoms with Gasteiger partial charge in [0.1, 0.15) is 13.2 Å². The van der Waals surface area contributed by atoms with Gasteiger partial charge in [0.15, 0.2) is 6.61 Å². The number of rotatable bonds is 10.